The maximum absolute atomic E-state index is 11.7. The molecule has 1 fully saturated rings. The van der Waals surface area contributed by atoms with E-state index in [1.54, 1.807) is 19.5 Å². The Balaban J connectivity index is 1.71. The van der Waals surface area contributed by atoms with Crippen LogP contribution in [-0.4, -0.2) is 41.6 Å². The molecular formula is C19H23N3O3. The molecule has 1 saturated heterocycles. The molecule has 2 aromatic rings. The molecule has 3 rings (SSSR count). The zero-order chi connectivity index (χ0) is 17.8. The number of carbonyl (C=O) groups is 1. The van der Waals surface area contributed by atoms with Crippen LogP contribution in [0.4, 0.5) is 0 Å². The van der Waals surface area contributed by atoms with Gasteiger partial charge in [-0.15, -0.1) is 0 Å². The number of hydrogen-bond donors (Lipinski definition) is 1. The fraction of sp³-hybridized carbons (Fsp3) is 0.368. The molecule has 6 nitrogen and oxygen atoms in total. The van der Waals surface area contributed by atoms with Gasteiger partial charge < -0.3 is 15.2 Å². The van der Waals surface area contributed by atoms with Crippen molar-refractivity contribution in [3.8, 4) is 11.5 Å². The Morgan fingerprint density at radius 1 is 1.40 bits per heavy atom. The van der Waals surface area contributed by atoms with Crippen molar-refractivity contribution < 1.29 is 14.3 Å². The van der Waals surface area contributed by atoms with Crippen molar-refractivity contribution in [1.82, 2.24) is 9.88 Å². The Morgan fingerprint density at radius 3 is 2.88 bits per heavy atom. The maximum Gasteiger partial charge on any atom is 0.234 e. The SMILES string of the molecule is CO[C@H]1C[C@@H](C(N)=O)N(Cc2ccc(Oc3cccnc3)c(C)c2)C1. The molecule has 25 heavy (non-hydrogen) atoms. The van der Waals surface area contributed by atoms with Crippen LogP contribution in [0, 0.1) is 6.92 Å². The molecule has 0 unspecified atom stereocenters. The van der Waals surface area contributed by atoms with Crippen LogP contribution in [0.15, 0.2) is 42.7 Å². The maximum atomic E-state index is 11.7. The summed E-state index contributed by atoms with van der Waals surface area (Å²) in [6.45, 7) is 3.36. The fourth-order valence-electron chi connectivity index (χ4n) is 3.20. The second-order valence-electron chi connectivity index (χ2n) is 6.33. The highest BCUT2D eigenvalue weighted by atomic mass is 16.5. The summed E-state index contributed by atoms with van der Waals surface area (Å²) < 4.78 is 11.3. The number of rotatable bonds is 6. The Labute approximate surface area is 147 Å². The van der Waals surface area contributed by atoms with E-state index in [0.717, 1.165) is 16.9 Å². The van der Waals surface area contributed by atoms with Gasteiger partial charge in [-0.25, -0.2) is 0 Å². The lowest BCUT2D eigenvalue weighted by atomic mass is 10.1. The van der Waals surface area contributed by atoms with E-state index in [4.69, 9.17) is 15.2 Å². The second-order valence-corrected chi connectivity index (χ2v) is 6.33. The van der Waals surface area contributed by atoms with Gasteiger partial charge in [0, 0.05) is 26.4 Å². The first kappa shape index (κ1) is 17.4. The summed E-state index contributed by atoms with van der Waals surface area (Å²) in [5.74, 6) is 1.20. The van der Waals surface area contributed by atoms with Crippen LogP contribution in [-0.2, 0) is 16.1 Å². The summed E-state index contributed by atoms with van der Waals surface area (Å²) in [5.41, 5.74) is 7.67. The molecule has 0 bridgehead atoms. The molecule has 1 aromatic heterocycles. The third kappa shape index (κ3) is 4.15. The molecular weight excluding hydrogens is 318 g/mol. The average molecular weight is 341 g/mol. The van der Waals surface area contributed by atoms with Gasteiger partial charge in [0.25, 0.3) is 0 Å². The highest BCUT2D eigenvalue weighted by molar-refractivity contribution is 5.80. The van der Waals surface area contributed by atoms with Crippen molar-refractivity contribution in [2.45, 2.75) is 32.0 Å². The molecule has 1 aromatic carbocycles. The Morgan fingerprint density at radius 2 is 2.24 bits per heavy atom. The van der Waals surface area contributed by atoms with Gasteiger partial charge in [-0.3, -0.25) is 14.7 Å². The first-order valence-electron chi connectivity index (χ1n) is 8.30. The smallest absolute Gasteiger partial charge is 0.234 e. The summed E-state index contributed by atoms with van der Waals surface area (Å²) in [6, 6.07) is 9.45. The molecule has 2 heterocycles. The topological polar surface area (TPSA) is 77.7 Å². The minimum absolute atomic E-state index is 0.0479. The number of amides is 1. The third-order valence-corrected chi connectivity index (χ3v) is 4.51. The largest absolute Gasteiger partial charge is 0.455 e. The highest BCUT2D eigenvalue weighted by Crippen LogP contribution is 2.27. The summed E-state index contributed by atoms with van der Waals surface area (Å²) >= 11 is 0. The summed E-state index contributed by atoms with van der Waals surface area (Å²) in [6.07, 6.45) is 4.08. The van der Waals surface area contributed by atoms with Crippen LogP contribution < -0.4 is 10.5 Å². The zero-order valence-corrected chi connectivity index (χ0v) is 14.5. The summed E-state index contributed by atoms with van der Waals surface area (Å²) in [4.78, 5) is 17.8. The molecule has 132 valence electrons. The van der Waals surface area contributed by atoms with Crippen LogP contribution in [0.3, 0.4) is 0 Å². The number of ether oxygens (including phenoxy) is 2. The van der Waals surface area contributed by atoms with Crippen molar-refractivity contribution >= 4 is 5.91 Å². The Kier molecular flexibility index (Phi) is 5.31. The monoisotopic (exact) mass is 341 g/mol. The highest BCUT2D eigenvalue weighted by Gasteiger charge is 2.35. The predicted molar refractivity (Wildman–Crippen MR) is 94.3 cm³/mol. The molecule has 1 aliphatic heterocycles. The van der Waals surface area contributed by atoms with Gasteiger partial charge in [0.05, 0.1) is 18.3 Å². The lowest BCUT2D eigenvalue weighted by molar-refractivity contribution is -0.122. The van der Waals surface area contributed by atoms with Gasteiger partial charge in [0.2, 0.25) is 5.91 Å². The molecule has 1 aliphatic rings. The van der Waals surface area contributed by atoms with E-state index < -0.39 is 0 Å². The van der Waals surface area contributed by atoms with Crippen molar-refractivity contribution in [3.63, 3.8) is 0 Å². The molecule has 0 saturated carbocycles. The van der Waals surface area contributed by atoms with Gasteiger partial charge >= 0.3 is 0 Å². The second kappa shape index (κ2) is 7.63. The van der Waals surface area contributed by atoms with Crippen LogP contribution >= 0.6 is 0 Å². The number of benzene rings is 1. The number of hydrogen-bond acceptors (Lipinski definition) is 5. The van der Waals surface area contributed by atoms with Gasteiger partial charge in [-0.1, -0.05) is 12.1 Å². The lowest BCUT2D eigenvalue weighted by Crippen LogP contribution is -2.39. The van der Waals surface area contributed by atoms with Crippen molar-refractivity contribution in [1.29, 1.82) is 0 Å². The quantitative estimate of drug-likeness (QED) is 0.872. The number of pyridine rings is 1. The molecule has 2 atom stereocenters. The fourth-order valence-corrected chi connectivity index (χ4v) is 3.20. The van der Waals surface area contributed by atoms with Crippen molar-refractivity contribution in [2.75, 3.05) is 13.7 Å². The van der Waals surface area contributed by atoms with Gasteiger partial charge in [-0.05, 0) is 42.7 Å². The number of aromatic nitrogens is 1. The van der Waals surface area contributed by atoms with E-state index in [0.29, 0.717) is 25.3 Å². The number of methoxy groups -OCH3 is 1. The molecule has 1 amide bonds. The number of primary amides is 1. The van der Waals surface area contributed by atoms with Gasteiger partial charge in [-0.2, -0.15) is 0 Å². The molecule has 6 heteroatoms. The first-order valence-corrected chi connectivity index (χ1v) is 8.30. The van der Waals surface area contributed by atoms with Crippen LogP contribution in [0.2, 0.25) is 0 Å². The number of nitrogens with zero attached hydrogens (tertiary/aromatic N) is 2. The van der Waals surface area contributed by atoms with Crippen LogP contribution in [0.25, 0.3) is 0 Å². The number of aryl methyl sites for hydroxylation is 1. The van der Waals surface area contributed by atoms with E-state index in [9.17, 15) is 4.79 Å². The molecule has 0 aliphatic carbocycles. The summed E-state index contributed by atoms with van der Waals surface area (Å²) in [7, 11) is 1.67. The van der Waals surface area contributed by atoms with E-state index >= 15 is 0 Å². The van der Waals surface area contributed by atoms with E-state index in [2.05, 4.69) is 16.0 Å². The minimum Gasteiger partial charge on any atom is -0.455 e. The number of nitrogens with two attached hydrogens (primary N) is 1. The van der Waals surface area contributed by atoms with Crippen LogP contribution in [0.1, 0.15) is 17.5 Å². The lowest BCUT2D eigenvalue weighted by Gasteiger charge is -2.22. The molecule has 0 radical (unpaired) electrons. The molecule has 0 spiro atoms. The van der Waals surface area contributed by atoms with E-state index in [1.165, 1.54) is 0 Å². The Bertz CT molecular complexity index is 736. The minimum atomic E-state index is -0.298. The summed E-state index contributed by atoms with van der Waals surface area (Å²) in [5, 5.41) is 0. The van der Waals surface area contributed by atoms with Crippen molar-refractivity contribution in [2.24, 2.45) is 5.73 Å². The van der Waals surface area contributed by atoms with Gasteiger partial charge in [0.15, 0.2) is 0 Å². The predicted octanol–water partition coefficient (Wildman–Crippen LogP) is 2.26. The third-order valence-electron chi connectivity index (χ3n) is 4.51. The molecule has 2 N–H and O–H groups in total. The number of likely N-dealkylation sites (tertiary alicyclic amines) is 1. The normalized spacial score (nSPS) is 20.6. The van der Waals surface area contributed by atoms with E-state index in [-0.39, 0.29) is 18.1 Å². The Hall–Kier alpha value is -2.44. The number of carbonyl (C=O) groups excluding carboxylic acids is 1. The first-order chi connectivity index (χ1) is 12.1. The van der Waals surface area contributed by atoms with Gasteiger partial charge in [0.1, 0.15) is 11.5 Å². The van der Waals surface area contributed by atoms with Crippen molar-refractivity contribution in [3.05, 3.63) is 53.9 Å². The standard InChI is InChI=1S/C19H23N3O3/c1-13-8-14(5-6-18(13)25-15-4-3-7-21-10-15)11-22-12-16(24-2)9-17(22)19(20)23/h3-8,10,16-17H,9,11-12H2,1-2H3,(H2,20,23)/t16-,17-/m0/s1. The van der Waals surface area contributed by atoms with E-state index in [1.807, 2.05) is 31.2 Å². The zero-order valence-electron chi connectivity index (χ0n) is 14.5. The van der Waals surface area contributed by atoms with Crippen LogP contribution in [0.5, 0.6) is 11.5 Å². The average Bonchev–Trinajstić information content (AvgIpc) is 3.01.